The molecule has 1 N–H and O–H groups in total. The van der Waals surface area contributed by atoms with Gasteiger partial charge < -0.3 is 14.9 Å². The van der Waals surface area contributed by atoms with E-state index in [1.54, 1.807) is 4.90 Å². The summed E-state index contributed by atoms with van der Waals surface area (Å²) in [4.78, 5) is 29.0. The number of aliphatic carboxylic acids is 1. The first-order valence-electron chi connectivity index (χ1n) is 7.90. The second-order valence-electron chi connectivity index (χ2n) is 6.21. The highest BCUT2D eigenvalue weighted by Crippen LogP contribution is 2.28. The summed E-state index contributed by atoms with van der Waals surface area (Å²) in [5, 5.41) is 11.5. The standard InChI is InChI=1S/C16H22N2O3S/c1-11-5-9-22-14(11)15(19)18-8-4-12(10-13(18)16(20)21)17-6-2-3-7-17/h5,9,12-13H,2-4,6-8,10H2,1H3,(H,20,21)/t12-,13-/m1/s1. The largest absolute Gasteiger partial charge is 0.480 e. The zero-order valence-corrected chi connectivity index (χ0v) is 13.6. The molecular formula is C16H22N2O3S. The van der Waals surface area contributed by atoms with Crippen LogP contribution < -0.4 is 0 Å². The van der Waals surface area contributed by atoms with Gasteiger partial charge in [-0.25, -0.2) is 4.79 Å². The van der Waals surface area contributed by atoms with Crippen molar-refractivity contribution < 1.29 is 14.7 Å². The molecule has 0 saturated carbocycles. The molecule has 0 aromatic carbocycles. The lowest BCUT2D eigenvalue weighted by atomic mass is 9.95. The van der Waals surface area contributed by atoms with E-state index in [-0.39, 0.29) is 5.91 Å². The molecule has 0 unspecified atom stereocenters. The Morgan fingerprint density at radius 1 is 1.27 bits per heavy atom. The zero-order chi connectivity index (χ0) is 15.7. The predicted octanol–water partition coefficient (Wildman–Crippen LogP) is 2.21. The van der Waals surface area contributed by atoms with Crippen LogP contribution in [0, 0.1) is 6.92 Å². The molecule has 2 atom stereocenters. The van der Waals surface area contributed by atoms with Gasteiger partial charge in [0, 0.05) is 12.6 Å². The first kappa shape index (κ1) is 15.5. The van der Waals surface area contributed by atoms with Gasteiger partial charge in [0.15, 0.2) is 0 Å². The van der Waals surface area contributed by atoms with Gasteiger partial charge in [0.1, 0.15) is 6.04 Å². The van der Waals surface area contributed by atoms with Crippen LogP contribution in [0.4, 0.5) is 0 Å². The molecule has 0 aliphatic carbocycles. The Hall–Kier alpha value is -1.40. The lowest BCUT2D eigenvalue weighted by Gasteiger charge is -2.40. The van der Waals surface area contributed by atoms with E-state index >= 15 is 0 Å². The number of amides is 1. The molecule has 2 aliphatic rings. The maximum Gasteiger partial charge on any atom is 0.326 e. The number of likely N-dealkylation sites (tertiary alicyclic amines) is 2. The maximum absolute atomic E-state index is 12.7. The molecule has 1 aromatic rings. The Morgan fingerprint density at radius 3 is 2.59 bits per heavy atom. The second kappa shape index (κ2) is 6.38. The van der Waals surface area contributed by atoms with E-state index < -0.39 is 12.0 Å². The molecule has 2 aliphatic heterocycles. The van der Waals surface area contributed by atoms with Crippen molar-refractivity contribution in [1.29, 1.82) is 0 Å². The zero-order valence-electron chi connectivity index (χ0n) is 12.8. The summed E-state index contributed by atoms with van der Waals surface area (Å²) in [7, 11) is 0. The third-order valence-corrected chi connectivity index (χ3v) is 5.84. The molecule has 2 fully saturated rings. The van der Waals surface area contributed by atoms with Crippen molar-refractivity contribution in [2.24, 2.45) is 0 Å². The first-order chi connectivity index (χ1) is 10.6. The smallest absolute Gasteiger partial charge is 0.326 e. The van der Waals surface area contributed by atoms with Gasteiger partial charge in [0.25, 0.3) is 5.91 Å². The Kier molecular flexibility index (Phi) is 4.49. The Morgan fingerprint density at radius 2 is 2.00 bits per heavy atom. The van der Waals surface area contributed by atoms with E-state index in [1.807, 2.05) is 18.4 Å². The number of nitrogens with zero attached hydrogens (tertiary/aromatic N) is 2. The van der Waals surface area contributed by atoms with E-state index in [0.717, 1.165) is 25.1 Å². The number of piperidine rings is 1. The highest BCUT2D eigenvalue weighted by Gasteiger charge is 2.39. The fraction of sp³-hybridized carbons (Fsp3) is 0.625. The molecule has 3 heterocycles. The van der Waals surface area contributed by atoms with Crippen LogP contribution in [0.5, 0.6) is 0 Å². The summed E-state index contributed by atoms with van der Waals surface area (Å²) in [6.45, 7) is 4.56. The predicted molar refractivity (Wildman–Crippen MR) is 85.3 cm³/mol. The molecule has 0 spiro atoms. The lowest BCUT2D eigenvalue weighted by Crippen LogP contribution is -2.54. The molecule has 1 aromatic heterocycles. The quantitative estimate of drug-likeness (QED) is 0.927. The van der Waals surface area contributed by atoms with Crippen molar-refractivity contribution >= 4 is 23.2 Å². The van der Waals surface area contributed by atoms with Crippen LogP contribution in [0.3, 0.4) is 0 Å². The highest BCUT2D eigenvalue weighted by molar-refractivity contribution is 7.12. The molecule has 6 heteroatoms. The lowest BCUT2D eigenvalue weighted by molar-refractivity contribution is -0.144. The average Bonchev–Trinajstić information content (AvgIpc) is 3.17. The minimum atomic E-state index is -0.883. The van der Waals surface area contributed by atoms with Crippen LogP contribution in [-0.4, -0.2) is 58.5 Å². The van der Waals surface area contributed by atoms with Gasteiger partial charge in [-0.2, -0.15) is 0 Å². The van der Waals surface area contributed by atoms with Crippen molar-refractivity contribution in [2.45, 2.75) is 44.7 Å². The number of carboxylic acid groups (broad SMARTS) is 1. The van der Waals surface area contributed by atoms with E-state index in [0.29, 0.717) is 23.9 Å². The molecule has 2 saturated heterocycles. The van der Waals surface area contributed by atoms with Gasteiger partial charge in [-0.3, -0.25) is 4.79 Å². The highest BCUT2D eigenvalue weighted by atomic mass is 32.1. The summed E-state index contributed by atoms with van der Waals surface area (Å²) in [5.74, 6) is -1.01. The monoisotopic (exact) mass is 322 g/mol. The van der Waals surface area contributed by atoms with Gasteiger partial charge in [-0.05, 0) is 62.7 Å². The van der Waals surface area contributed by atoms with Crippen LogP contribution in [0.1, 0.15) is 40.9 Å². The number of thiophene rings is 1. The van der Waals surface area contributed by atoms with Crippen LogP contribution in [-0.2, 0) is 4.79 Å². The first-order valence-corrected chi connectivity index (χ1v) is 8.78. The van der Waals surface area contributed by atoms with Gasteiger partial charge in [-0.1, -0.05) is 0 Å². The van der Waals surface area contributed by atoms with E-state index in [2.05, 4.69) is 4.90 Å². The van der Waals surface area contributed by atoms with Crippen LogP contribution in [0.15, 0.2) is 11.4 Å². The molecule has 22 heavy (non-hydrogen) atoms. The number of carbonyl (C=O) groups excluding carboxylic acids is 1. The summed E-state index contributed by atoms with van der Waals surface area (Å²) in [6.07, 6.45) is 3.82. The third kappa shape index (κ3) is 2.90. The average molecular weight is 322 g/mol. The summed E-state index contributed by atoms with van der Waals surface area (Å²) >= 11 is 1.40. The van der Waals surface area contributed by atoms with Crippen molar-refractivity contribution in [3.8, 4) is 0 Å². The van der Waals surface area contributed by atoms with Crippen molar-refractivity contribution in [3.05, 3.63) is 21.9 Å². The Bertz CT molecular complexity index is 565. The van der Waals surface area contributed by atoms with Gasteiger partial charge in [0.2, 0.25) is 0 Å². The molecule has 3 rings (SSSR count). The summed E-state index contributed by atoms with van der Waals surface area (Å²) < 4.78 is 0. The summed E-state index contributed by atoms with van der Waals surface area (Å²) in [6, 6.07) is 1.51. The third-order valence-electron chi connectivity index (χ3n) is 4.83. The molecule has 1 amide bonds. The maximum atomic E-state index is 12.7. The van der Waals surface area contributed by atoms with Crippen LogP contribution >= 0.6 is 11.3 Å². The van der Waals surface area contributed by atoms with Crippen LogP contribution in [0.25, 0.3) is 0 Å². The summed E-state index contributed by atoms with van der Waals surface area (Å²) in [5.41, 5.74) is 0.931. The molecular weight excluding hydrogens is 300 g/mol. The van der Waals surface area contributed by atoms with E-state index in [4.69, 9.17) is 0 Å². The van der Waals surface area contributed by atoms with E-state index in [1.165, 1.54) is 24.2 Å². The van der Waals surface area contributed by atoms with Gasteiger partial charge in [0.05, 0.1) is 4.88 Å². The molecule has 0 radical (unpaired) electrons. The Labute approximate surface area is 134 Å². The normalized spacial score (nSPS) is 26.3. The van der Waals surface area contributed by atoms with Crippen molar-refractivity contribution in [2.75, 3.05) is 19.6 Å². The minimum absolute atomic E-state index is 0.125. The molecule has 0 bridgehead atoms. The number of carboxylic acids is 1. The second-order valence-corrected chi connectivity index (χ2v) is 7.12. The Balaban J connectivity index is 1.76. The fourth-order valence-corrected chi connectivity index (χ4v) is 4.46. The number of hydrogen-bond donors (Lipinski definition) is 1. The topological polar surface area (TPSA) is 60.9 Å². The number of carbonyl (C=O) groups is 2. The fourth-order valence-electron chi connectivity index (χ4n) is 3.58. The molecule has 120 valence electrons. The van der Waals surface area contributed by atoms with Gasteiger partial charge >= 0.3 is 5.97 Å². The number of rotatable bonds is 3. The molecule has 5 nitrogen and oxygen atoms in total. The number of hydrogen-bond acceptors (Lipinski definition) is 4. The van der Waals surface area contributed by atoms with Crippen LogP contribution in [0.2, 0.25) is 0 Å². The van der Waals surface area contributed by atoms with Gasteiger partial charge in [-0.15, -0.1) is 11.3 Å². The number of aryl methyl sites for hydroxylation is 1. The minimum Gasteiger partial charge on any atom is -0.480 e. The van der Waals surface area contributed by atoms with Crippen molar-refractivity contribution in [1.82, 2.24) is 9.80 Å². The SMILES string of the molecule is Cc1ccsc1C(=O)N1CC[C@@H](N2CCCC2)C[C@@H]1C(=O)O. The van der Waals surface area contributed by atoms with E-state index in [9.17, 15) is 14.7 Å². The van der Waals surface area contributed by atoms with Crippen molar-refractivity contribution in [3.63, 3.8) is 0 Å².